The van der Waals surface area contributed by atoms with Crippen molar-refractivity contribution in [2.24, 2.45) is 0 Å². The summed E-state index contributed by atoms with van der Waals surface area (Å²) in [5.74, 6) is -0.173. The number of benzene rings is 2. The van der Waals surface area contributed by atoms with Gasteiger partial charge >= 0.3 is 5.97 Å². The van der Waals surface area contributed by atoms with Crippen LogP contribution in [-0.2, 0) is 11.2 Å². The molecule has 0 spiro atoms. The summed E-state index contributed by atoms with van der Waals surface area (Å²) in [5.41, 5.74) is 1.76. The Morgan fingerprint density at radius 2 is 1.74 bits per heavy atom. The van der Waals surface area contributed by atoms with Crippen LogP contribution in [0.2, 0.25) is 0 Å². The van der Waals surface area contributed by atoms with Crippen molar-refractivity contribution in [2.75, 3.05) is 18.2 Å². The molecule has 0 bridgehead atoms. The number of carboxylic acid groups (broad SMARTS) is 1. The van der Waals surface area contributed by atoms with Gasteiger partial charge in [-0.05, 0) is 36.2 Å². The van der Waals surface area contributed by atoms with Gasteiger partial charge in [-0.2, -0.15) is 0 Å². The van der Waals surface area contributed by atoms with Crippen molar-refractivity contribution in [3.63, 3.8) is 0 Å². The van der Waals surface area contributed by atoms with E-state index in [0.717, 1.165) is 5.56 Å². The normalized spacial score (nSPS) is 16.1. The zero-order chi connectivity index (χ0) is 19.2. The van der Waals surface area contributed by atoms with Gasteiger partial charge in [0.15, 0.2) is 0 Å². The van der Waals surface area contributed by atoms with Gasteiger partial charge in [0, 0.05) is 17.9 Å². The summed E-state index contributed by atoms with van der Waals surface area (Å²) < 4.78 is 0. The number of amides is 2. The molecule has 1 aliphatic rings. The molecule has 2 aromatic carbocycles. The molecule has 2 aromatic rings. The second kappa shape index (κ2) is 8.73. The van der Waals surface area contributed by atoms with Gasteiger partial charge in [-0.1, -0.05) is 30.3 Å². The Morgan fingerprint density at radius 1 is 1.04 bits per heavy atom. The van der Waals surface area contributed by atoms with E-state index >= 15 is 0 Å². The number of carbonyl (C=O) groups is 3. The van der Waals surface area contributed by atoms with Gasteiger partial charge in [0.05, 0.1) is 11.4 Å². The summed E-state index contributed by atoms with van der Waals surface area (Å²) in [5, 5.41) is 11.8. The molecule has 1 fully saturated rings. The molecule has 140 valence electrons. The standard InChI is InChI=1S/C20H20N2O4S/c23-18(21-11-10-14-6-8-16(9-7-14)20(25)26)17-12-27-13-22(17)19(24)15-4-2-1-3-5-15/h1-9,17H,10-13H2,(H,21,23)(H,25,26). The molecule has 7 heteroatoms. The largest absolute Gasteiger partial charge is 0.478 e. The van der Waals surface area contributed by atoms with Gasteiger partial charge in [-0.3, -0.25) is 9.59 Å². The van der Waals surface area contributed by atoms with Crippen LogP contribution in [0.25, 0.3) is 0 Å². The Hall–Kier alpha value is -2.80. The number of thioether (sulfide) groups is 1. The Labute approximate surface area is 161 Å². The number of nitrogens with zero attached hydrogens (tertiary/aromatic N) is 1. The van der Waals surface area contributed by atoms with Crippen molar-refractivity contribution < 1.29 is 19.5 Å². The first-order valence-electron chi connectivity index (χ1n) is 8.60. The molecule has 1 saturated heterocycles. The highest BCUT2D eigenvalue weighted by molar-refractivity contribution is 7.99. The highest BCUT2D eigenvalue weighted by Gasteiger charge is 2.34. The number of hydrogen-bond donors (Lipinski definition) is 2. The van der Waals surface area contributed by atoms with Crippen molar-refractivity contribution in [2.45, 2.75) is 12.5 Å². The molecule has 1 heterocycles. The molecule has 2 N–H and O–H groups in total. The topological polar surface area (TPSA) is 86.7 Å². The summed E-state index contributed by atoms with van der Waals surface area (Å²) in [6.07, 6.45) is 0.595. The molecule has 1 unspecified atom stereocenters. The number of carboxylic acids is 1. The smallest absolute Gasteiger partial charge is 0.335 e. The quantitative estimate of drug-likeness (QED) is 0.798. The van der Waals surface area contributed by atoms with Crippen LogP contribution < -0.4 is 5.32 Å². The van der Waals surface area contributed by atoms with Crippen molar-refractivity contribution in [1.29, 1.82) is 0 Å². The van der Waals surface area contributed by atoms with Crippen LogP contribution in [0.3, 0.4) is 0 Å². The predicted molar refractivity (Wildman–Crippen MR) is 104 cm³/mol. The Morgan fingerprint density at radius 3 is 2.41 bits per heavy atom. The van der Waals surface area contributed by atoms with Crippen LogP contribution in [-0.4, -0.2) is 52.0 Å². The zero-order valence-electron chi connectivity index (χ0n) is 14.6. The maximum atomic E-state index is 12.6. The van der Waals surface area contributed by atoms with Crippen molar-refractivity contribution in [3.05, 3.63) is 71.3 Å². The highest BCUT2D eigenvalue weighted by atomic mass is 32.2. The van der Waals surface area contributed by atoms with Gasteiger partial charge in [0.25, 0.3) is 5.91 Å². The van der Waals surface area contributed by atoms with Crippen LogP contribution in [0, 0.1) is 0 Å². The van der Waals surface area contributed by atoms with Crippen molar-refractivity contribution in [1.82, 2.24) is 10.2 Å². The highest BCUT2D eigenvalue weighted by Crippen LogP contribution is 2.23. The van der Waals surface area contributed by atoms with Gasteiger partial charge in [0.1, 0.15) is 6.04 Å². The summed E-state index contributed by atoms with van der Waals surface area (Å²) in [6.45, 7) is 0.430. The lowest BCUT2D eigenvalue weighted by Crippen LogP contribution is -2.47. The first kappa shape index (κ1) is 19.0. The van der Waals surface area contributed by atoms with Crippen molar-refractivity contribution >= 4 is 29.5 Å². The number of aromatic carboxylic acids is 1. The molecule has 3 rings (SSSR count). The van der Waals surface area contributed by atoms with E-state index in [9.17, 15) is 14.4 Å². The van der Waals surface area contributed by atoms with E-state index in [1.807, 2.05) is 6.07 Å². The minimum Gasteiger partial charge on any atom is -0.478 e. The third-order valence-electron chi connectivity index (χ3n) is 4.38. The molecule has 0 saturated carbocycles. The summed E-state index contributed by atoms with van der Waals surface area (Å²) in [7, 11) is 0. The minimum absolute atomic E-state index is 0.134. The number of rotatable bonds is 6. The van der Waals surface area contributed by atoms with E-state index in [1.165, 1.54) is 0 Å². The first-order chi connectivity index (χ1) is 13.1. The SMILES string of the molecule is O=C(O)c1ccc(CCNC(=O)C2CSCN2C(=O)c2ccccc2)cc1. The molecule has 1 aliphatic heterocycles. The third-order valence-corrected chi connectivity index (χ3v) is 5.39. The lowest BCUT2D eigenvalue weighted by molar-refractivity contribution is -0.124. The van der Waals surface area contributed by atoms with Crippen LogP contribution in [0.5, 0.6) is 0 Å². The molecular formula is C20H20N2O4S. The van der Waals surface area contributed by atoms with Crippen LogP contribution in [0.15, 0.2) is 54.6 Å². The number of nitrogens with one attached hydrogen (secondary N) is 1. The molecule has 27 heavy (non-hydrogen) atoms. The summed E-state index contributed by atoms with van der Waals surface area (Å²) in [4.78, 5) is 37.6. The average molecular weight is 384 g/mol. The Kier molecular flexibility index (Phi) is 6.13. The van der Waals surface area contributed by atoms with E-state index in [1.54, 1.807) is 65.2 Å². The molecule has 0 radical (unpaired) electrons. The van der Waals surface area contributed by atoms with Crippen LogP contribution in [0.1, 0.15) is 26.3 Å². The maximum Gasteiger partial charge on any atom is 0.335 e. The predicted octanol–water partition coefficient (Wildman–Crippen LogP) is 2.26. The Balaban J connectivity index is 1.54. The van der Waals surface area contributed by atoms with Crippen molar-refractivity contribution in [3.8, 4) is 0 Å². The minimum atomic E-state index is -0.961. The van der Waals surface area contributed by atoms with Gasteiger partial charge in [-0.15, -0.1) is 11.8 Å². The molecule has 0 aliphatic carbocycles. The van der Waals surface area contributed by atoms with Gasteiger partial charge in [0.2, 0.25) is 5.91 Å². The molecule has 1 atom stereocenters. The Bertz CT molecular complexity index is 824. The van der Waals surface area contributed by atoms with Crippen LogP contribution in [0.4, 0.5) is 0 Å². The zero-order valence-corrected chi connectivity index (χ0v) is 15.4. The van der Waals surface area contributed by atoms with E-state index < -0.39 is 12.0 Å². The average Bonchev–Trinajstić information content (AvgIpc) is 3.18. The fraction of sp³-hybridized carbons (Fsp3) is 0.250. The van der Waals surface area contributed by atoms with E-state index in [2.05, 4.69) is 5.32 Å². The van der Waals surface area contributed by atoms with E-state index in [0.29, 0.717) is 30.2 Å². The fourth-order valence-corrected chi connectivity index (χ4v) is 4.02. The summed E-state index contributed by atoms with van der Waals surface area (Å²) >= 11 is 1.56. The van der Waals surface area contributed by atoms with Gasteiger partial charge in [-0.25, -0.2) is 4.79 Å². The van der Waals surface area contributed by atoms with Crippen LogP contribution >= 0.6 is 11.8 Å². The monoisotopic (exact) mass is 384 g/mol. The first-order valence-corrected chi connectivity index (χ1v) is 9.75. The second-order valence-corrected chi connectivity index (χ2v) is 7.20. The third kappa shape index (κ3) is 4.68. The van der Waals surface area contributed by atoms with Gasteiger partial charge < -0.3 is 15.3 Å². The molecule has 6 nitrogen and oxygen atoms in total. The molecular weight excluding hydrogens is 364 g/mol. The summed E-state index contributed by atoms with van der Waals surface area (Å²) in [6, 6.07) is 15.1. The number of hydrogen-bond acceptors (Lipinski definition) is 4. The fourth-order valence-electron chi connectivity index (χ4n) is 2.87. The maximum absolute atomic E-state index is 12.6. The molecule has 0 aromatic heterocycles. The lowest BCUT2D eigenvalue weighted by Gasteiger charge is -2.23. The molecule has 2 amide bonds. The van der Waals surface area contributed by atoms with E-state index in [4.69, 9.17) is 5.11 Å². The second-order valence-electron chi connectivity index (χ2n) is 6.20. The van der Waals surface area contributed by atoms with E-state index in [-0.39, 0.29) is 17.4 Å². The number of carbonyl (C=O) groups excluding carboxylic acids is 2. The lowest BCUT2D eigenvalue weighted by atomic mass is 10.1.